The highest BCUT2D eigenvalue weighted by Crippen LogP contribution is 2.26. The highest BCUT2D eigenvalue weighted by atomic mass is 35.5. The quantitative estimate of drug-likeness (QED) is 0.865. The molecule has 1 atom stereocenters. The first-order chi connectivity index (χ1) is 6.50. The third-order valence-corrected chi connectivity index (χ3v) is 3.43. The maximum atomic E-state index is 10.9. The summed E-state index contributed by atoms with van der Waals surface area (Å²) in [5, 5.41) is 8.98. The molecule has 0 bridgehead atoms. The molecule has 78 valence electrons. The van der Waals surface area contributed by atoms with Crippen LogP contribution in [0.2, 0.25) is 4.34 Å². The summed E-state index contributed by atoms with van der Waals surface area (Å²) in [6.45, 7) is 3.85. The number of thiophene rings is 1. The van der Waals surface area contributed by atoms with E-state index in [1.54, 1.807) is 6.07 Å². The maximum absolute atomic E-state index is 10.9. The first-order valence-corrected chi connectivity index (χ1v) is 5.67. The van der Waals surface area contributed by atoms with E-state index in [4.69, 9.17) is 16.7 Å². The lowest BCUT2D eigenvalue weighted by Gasteiger charge is -2.14. The molecule has 1 aromatic heterocycles. The van der Waals surface area contributed by atoms with Crippen molar-refractivity contribution < 1.29 is 9.90 Å². The molecule has 0 aliphatic heterocycles. The van der Waals surface area contributed by atoms with Crippen LogP contribution >= 0.6 is 22.9 Å². The fourth-order valence-electron chi connectivity index (χ4n) is 1.29. The van der Waals surface area contributed by atoms with Crippen LogP contribution in [0.3, 0.4) is 0 Å². The van der Waals surface area contributed by atoms with Crippen LogP contribution in [0.25, 0.3) is 0 Å². The molecule has 1 unspecified atom stereocenters. The summed E-state index contributed by atoms with van der Waals surface area (Å²) in [5.41, 5.74) is 0. The number of aliphatic carboxylic acids is 1. The monoisotopic (exact) mass is 232 g/mol. The number of halogens is 1. The lowest BCUT2D eigenvalue weighted by atomic mass is 9.92. The SMILES string of the molecule is CC(C)C(Cc1ccc(Cl)s1)C(=O)O. The van der Waals surface area contributed by atoms with Crippen LogP contribution in [0.5, 0.6) is 0 Å². The summed E-state index contributed by atoms with van der Waals surface area (Å²) in [6, 6.07) is 3.70. The molecule has 1 N–H and O–H groups in total. The van der Waals surface area contributed by atoms with Gasteiger partial charge in [0, 0.05) is 4.88 Å². The minimum absolute atomic E-state index is 0.147. The van der Waals surface area contributed by atoms with Gasteiger partial charge in [-0.25, -0.2) is 0 Å². The fourth-order valence-corrected chi connectivity index (χ4v) is 2.43. The third kappa shape index (κ3) is 3.00. The van der Waals surface area contributed by atoms with Crippen molar-refractivity contribution in [3.63, 3.8) is 0 Å². The van der Waals surface area contributed by atoms with Gasteiger partial charge in [0.15, 0.2) is 0 Å². The van der Waals surface area contributed by atoms with Crippen molar-refractivity contribution in [2.45, 2.75) is 20.3 Å². The Hall–Kier alpha value is -0.540. The lowest BCUT2D eigenvalue weighted by molar-refractivity contribution is -0.143. The van der Waals surface area contributed by atoms with Gasteiger partial charge in [-0.1, -0.05) is 25.4 Å². The van der Waals surface area contributed by atoms with E-state index in [2.05, 4.69) is 0 Å². The largest absolute Gasteiger partial charge is 0.481 e. The topological polar surface area (TPSA) is 37.3 Å². The molecule has 0 saturated carbocycles. The molecule has 4 heteroatoms. The molecule has 0 radical (unpaired) electrons. The number of carbonyl (C=O) groups is 1. The fraction of sp³-hybridized carbons (Fsp3) is 0.500. The number of hydrogen-bond acceptors (Lipinski definition) is 2. The van der Waals surface area contributed by atoms with Crippen molar-refractivity contribution >= 4 is 28.9 Å². The van der Waals surface area contributed by atoms with E-state index in [9.17, 15) is 4.79 Å². The molecule has 1 rings (SSSR count). The number of carboxylic acid groups (broad SMARTS) is 1. The summed E-state index contributed by atoms with van der Waals surface area (Å²) < 4.78 is 0.716. The van der Waals surface area contributed by atoms with Crippen LogP contribution in [0.1, 0.15) is 18.7 Å². The second kappa shape index (κ2) is 4.80. The van der Waals surface area contributed by atoms with Crippen molar-refractivity contribution in [3.8, 4) is 0 Å². The first kappa shape index (κ1) is 11.5. The van der Waals surface area contributed by atoms with Gasteiger partial charge in [-0.3, -0.25) is 4.79 Å². The Kier molecular flexibility index (Phi) is 3.96. The zero-order valence-electron chi connectivity index (χ0n) is 8.16. The molecule has 0 fully saturated rings. The van der Waals surface area contributed by atoms with E-state index in [0.29, 0.717) is 10.8 Å². The van der Waals surface area contributed by atoms with Crippen molar-refractivity contribution in [1.82, 2.24) is 0 Å². The van der Waals surface area contributed by atoms with Crippen LogP contribution in [0.15, 0.2) is 12.1 Å². The highest BCUT2D eigenvalue weighted by Gasteiger charge is 2.22. The molecular formula is C10H13ClO2S. The van der Waals surface area contributed by atoms with E-state index in [-0.39, 0.29) is 11.8 Å². The van der Waals surface area contributed by atoms with E-state index in [1.165, 1.54) is 11.3 Å². The third-order valence-electron chi connectivity index (χ3n) is 2.17. The summed E-state index contributed by atoms with van der Waals surface area (Å²) in [5.74, 6) is -0.900. The van der Waals surface area contributed by atoms with Gasteiger partial charge in [0.25, 0.3) is 0 Å². The molecule has 1 heterocycles. The summed E-state index contributed by atoms with van der Waals surface area (Å²) in [4.78, 5) is 12.0. The number of hydrogen-bond donors (Lipinski definition) is 1. The Bertz CT molecular complexity index is 320. The minimum atomic E-state index is -0.732. The normalized spacial score (nSPS) is 13.1. The Morgan fingerprint density at radius 1 is 1.57 bits per heavy atom. The van der Waals surface area contributed by atoms with Crippen molar-refractivity contribution in [1.29, 1.82) is 0 Å². The van der Waals surface area contributed by atoms with Gasteiger partial charge in [0.2, 0.25) is 0 Å². The molecule has 0 spiro atoms. The zero-order chi connectivity index (χ0) is 10.7. The van der Waals surface area contributed by atoms with Crippen LogP contribution < -0.4 is 0 Å². The van der Waals surface area contributed by atoms with Gasteiger partial charge in [-0.05, 0) is 24.5 Å². The molecule has 0 aliphatic carbocycles. The molecule has 0 amide bonds. The Morgan fingerprint density at radius 2 is 2.21 bits per heavy atom. The predicted molar refractivity (Wildman–Crippen MR) is 59.0 cm³/mol. The average Bonchev–Trinajstić information content (AvgIpc) is 2.46. The van der Waals surface area contributed by atoms with Crippen LogP contribution in [0, 0.1) is 11.8 Å². The molecule has 0 aliphatic rings. The lowest BCUT2D eigenvalue weighted by Crippen LogP contribution is -2.21. The van der Waals surface area contributed by atoms with Gasteiger partial charge < -0.3 is 5.11 Å². The molecule has 14 heavy (non-hydrogen) atoms. The van der Waals surface area contributed by atoms with Gasteiger partial charge in [-0.2, -0.15) is 0 Å². The smallest absolute Gasteiger partial charge is 0.307 e. The predicted octanol–water partition coefficient (Wildman–Crippen LogP) is 3.30. The second-order valence-corrected chi connectivity index (χ2v) is 5.40. The average molecular weight is 233 g/mol. The Labute approximate surface area is 92.5 Å². The molecule has 0 saturated heterocycles. The Balaban J connectivity index is 2.69. The molecule has 1 aromatic rings. The van der Waals surface area contributed by atoms with Gasteiger partial charge in [0.1, 0.15) is 0 Å². The minimum Gasteiger partial charge on any atom is -0.481 e. The Morgan fingerprint density at radius 3 is 2.57 bits per heavy atom. The molecule has 2 nitrogen and oxygen atoms in total. The standard InChI is InChI=1S/C10H13ClO2S/c1-6(2)8(10(12)13)5-7-3-4-9(11)14-7/h3-4,6,8H,5H2,1-2H3,(H,12,13). The second-order valence-electron chi connectivity index (χ2n) is 3.60. The first-order valence-electron chi connectivity index (χ1n) is 4.47. The van der Waals surface area contributed by atoms with Gasteiger partial charge >= 0.3 is 5.97 Å². The van der Waals surface area contributed by atoms with Crippen LogP contribution in [-0.4, -0.2) is 11.1 Å². The van der Waals surface area contributed by atoms with Crippen molar-refractivity contribution in [2.75, 3.05) is 0 Å². The van der Waals surface area contributed by atoms with Crippen LogP contribution in [0.4, 0.5) is 0 Å². The summed E-state index contributed by atoms with van der Waals surface area (Å²) in [7, 11) is 0. The van der Waals surface area contributed by atoms with Crippen LogP contribution in [-0.2, 0) is 11.2 Å². The van der Waals surface area contributed by atoms with Crippen molar-refractivity contribution in [3.05, 3.63) is 21.3 Å². The summed E-state index contributed by atoms with van der Waals surface area (Å²) in [6.07, 6.45) is 0.574. The van der Waals surface area contributed by atoms with Gasteiger partial charge in [-0.15, -0.1) is 11.3 Å². The highest BCUT2D eigenvalue weighted by molar-refractivity contribution is 7.16. The molecular weight excluding hydrogens is 220 g/mol. The van der Waals surface area contributed by atoms with E-state index < -0.39 is 5.97 Å². The van der Waals surface area contributed by atoms with E-state index >= 15 is 0 Å². The molecule has 0 aromatic carbocycles. The zero-order valence-corrected chi connectivity index (χ0v) is 9.73. The number of carboxylic acids is 1. The van der Waals surface area contributed by atoms with Gasteiger partial charge in [0.05, 0.1) is 10.3 Å². The summed E-state index contributed by atoms with van der Waals surface area (Å²) >= 11 is 7.23. The van der Waals surface area contributed by atoms with E-state index in [0.717, 1.165) is 4.88 Å². The van der Waals surface area contributed by atoms with Crippen molar-refractivity contribution in [2.24, 2.45) is 11.8 Å². The van der Waals surface area contributed by atoms with E-state index in [1.807, 2.05) is 19.9 Å². The number of rotatable bonds is 4. The maximum Gasteiger partial charge on any atom is 0.307 e.